The molecule has 7 nitrogen and oxygen atoms in total. The van der Waals surface area contributed by atoms with Crippen LogP contribution >= 0.6 is 11.3 Å². The van der Waals surface area contributed by atoms with Crippen molar-refractivity contribution in [1.29, 1.82) is 5.26 Å². The number of rotatable bonds is 6. The Balaban J connectivity index is 1.47. The Kier molecular flexibility index (Phi) is 6.67. The van der Waals surface area contributed by atoms with E-state index < -0.39 is 10.0 Å². The fourth-order valence-corrected chi connectivity index (χ4v) is 6.82. The number of thiophene rings is 1. The molecule has 1 N–H and O–H groups in total. The predicted molar refractivity (Wildman–Crippen MR) is 123 cm³/mol. The number of anilines is 1. The van der Waals surface area contributed by atoms with Crippen LogP contribution < -0.4 is 5.32 Å². The summed E-state index contributed by atoms with van der Waals surface area (Å²) in [6.45, 7) is 3.17. The Morgan fingerprint density at radius 3 is 2.72 bits per heavy atom. The van der Waals surface area contributed by atoms with E-state index in [2.05, 4.69) is 18.3 Å². The van der Waals surface area contributed by atoms with Gasteiger partial charge in [0.15, 0.2) is 0 Å². The van der Waals surface area contributed by atoms with Gasteiger partial charge in [0.25, 0.3) is 5.91 Å². The molecular formula is C23H27N3O4S2. The molecule has 1 aromatic carbocycles. The molecule has 1 aliphatic carbocycles. The van der Waals surface area contributed by atoms with E-state index in [0.29, 0.717) is 35.2 Å². The average molecular weight is 474 g/mol. The minimum atomic E-state index is -3.67. The van der Waals surface area contributed by atoms with E-state index in [1.54, 1.807) is 7.05 Å². The molecule has 1 amide bonds. The summed E-state index contributed by atoms with van der Waals surface area (Å²) >= 11 is 1.47. The first-order valence-electron chi connectivity index (χ1n) is 10.8. The minimum Gasteiger partial charge on any atom is -0.377 e. The van der Waals surface area contributed by atoms with Crippen molar-refractivity contribution in [3.05, 3.63) is 45.8 Å². The van der Waals surface area contributed by atoms with E-state index >= 15 is 0 Å². The number of likely N-dealkylation sites (N-methyl/N-ethyl adjacent to an activating group) is 1. The number of nitrogens with zero attached hydrogens (tertiary/aromatic N) is 2. The van der Waals surface area contributed by atoms with Crippen molar-refractivity contribution < 1.29 is 17.9 Å². The van der Waals surface area contributed by atoms with Gasteiger partial charge >= 0.3 is 0 Å². The lowest BCUT2D eigenvalue weighted by molar-refractivity contribution is 0.0979. The number of carbonyl (C=O) groups excluding carboxylic acids is 1. The quantitative estimate of drug-likeness (QED) is 0.688. The van der Waals surface area contributed by atoms with E-state index in [1.807, 2.05) is 0 Å². The number of ether oxygens (including phenoxy) is 1. The van der Waals surface area contributed by atoms with Crippen LogP contribution in [0, 0.1) is 17.2 Å². The summed E-state index contributed by atoms with van der Waals surface area (Å²) < 4.78 is 32.5. The molecule has 0 spiro atoms. The number of hydrogen-bond donors (Lipinski definition) is 1. The first-order valence-corrected chi connectivity index (χ1v) is 13.1. The van der Waals surface area contributed by atoms with Gasteiger partial charge in [0.05, 0.1) is 16.6 Å². The molecule has 170 valence electrons. The molecule has 2 aliphatic rings. The highest BCUT2D eigenvalue weighted by Gasteiger charge is 2.27. The smallest absolute Gasteiger partial charge is 0.256 e. The maximum Gasteiger partial charge on any atom is 0.256 e. The van der Waals surface area contributed by atoms with Gasteiger partial charge in [0.2, 0.25) is 10.0 Å². The molecule has 1 saturated heterocycles. The van der Waals surface area contributed by atoms with Crippen LogP contribution in [-0.4, -0.2) is 44.9 Å². The lowest BCUT2D eigenvalue weighted by Gasteiger charge is -2.20. The molecule has 2 aromatic rings. The SMILES string of the molecule is C[C@@H]1CCc2c(sc(NC(=O)c3ccc(S(=O)(=O)N(C)C[C@H]4CCCO4)cc3)c2C#N)C1. The van der Waals surface area contributed by atoms with Crippen molar-refractivity contribution in [2.24, 2.45) is 5.92 Å². The largest absolute Gasteiger partial charge is 0.377 e. The lowest BCUT2D eigenvalue weighted by atomic mass is 9.88. The van der Waals surface area contributed by atoms with Crippen molar-refractivity contribution in [1.82, 2.24) is 4.31 Å². The second-order valence-electron chi connectivity index (χ2n) is 8.57. The van der Waals surface area contributed by atoms with Crippen molar-refractivity contribution in [2.75, 3.05) is 25.5 Å². The number of fused-ring (bicyclic) bond motifs is 1. The number of benzene rings is 1. The number of nitriles is 1. The molecule has 0 radical (unpaired) electrons. The summed E-state index contributed by atoms with van der Waals surface area (Å²) in [5, 5.41) is 13.1. The molecule has 32 heavy (non-hydrogen) atoms. The minimum absolute atomic E-state index is 0.0752. The van der Waals surface area contributed by atoms with Crippen LogP contribution in [-0.2, 0) is 27.6 Å². The number of carbonyl (C=O) groups is 1. The van der Waals surface area contributed by atoms with Gasteiger partial charge in [-0.05, 0) is 67.9 Å². The van der Waals surface area contributed by atoms with Gasteiger partial charge in [-0.25, -0.2) is 8.42 Å². The third-order valence-electron chi connectivity index (χ3n) is 6.16. The molecule has 1 fully saturated rings. The number of amides is 1. The molecule has 1 aliphatic heterocycles. The first kappa shape index (κ1) is 22.9. The highest BCUT2D eigenvalue weighted by atomic mass is 32.2. The summed E-state index contributed by atoms with van der Waals surface area (Å²) in [4.78, 5) is 14.1. The van der Waals surface area contributed by atoms with Crippen LogP contribution in [0.2, 0.25) is 0 Å². The zero-order valence-electron chi connectivity index (χ0n) is 18.3. The van der Waals surface area contributed by atoms with Crippen LogP contribution in [0.5, 0.6) is 0 Å². The van der Waals surface area contributed by atoms with E-state index in [0.717, 1.165) is 37.7 Å². The normalized spacial score (nSPS) is 20.7. The van der Waals surface area contributed by atoms with Crippen LogP contribution in [0.25, 0.3) is 0 Å². The van der Waals surface area contributed by atoms with Gasteiger partial charge in [0.1, 0.15) is 11.1 Å². The van der Waals surface area contributed by atoms with E-state index in [9.17, 15) is 18.5 Å². The van der Waals surface area contributed by atoms with Crippen molar-refractivity contribution in [2.45, 2.75) is 50.0 Å². The highest BCUT2D eigenvalue weighted by molar-refractivity contribution is 7.89. The van der Waals surface area contributed by atoms with E-state index in [4.69, 9.17) is 4.74 Å². The molecule has 9 heteroatoms. The molecule has 0 saturated carbocycles. The Labute approximate surface area is 193 Å². The number of sulfonamides is 1. The van der Waals surface area contributed by atoms with E-state index in [-0.39, 0.29) is 16.9 Å². The van der Waals surface area contributed by atoms with Gasteiger partial charge in [-0.3, -0.25) is 4.79 Å². The van der Waals surface area contributed by atoms with E-state index in [1.165, 1.54) is 44.8 Å². The van der Waals surface area contributed by atoms with Gasteiger partial charge in [0, 0.05) is 30.6 Å². The zero-order chi connectivity index (χ0) is 22.9. The molecule has 2 atom stereocenters. The molecule has 1 aromatic heterocycles. The third-order valence-corrected chi connectivity index (χ3v) is 9.17. The standard InChI is InChI=1S/C23H27N3O4S2/c1-15-5-10-19-20(13-24)23(31-21(19)12-15)25-22(27)16-6-8-18(9-7-16)32(28,29)26(2)14-17-4-3-11-30-17/h6-9,15,17H,3-5,10-12,14H2,1-2H3,(H,25,27)/t15-,17-/m1/s1. The molecular weight excluding hydrogens is 446 g/mol. The summed E-state index contributed by atoms with van der Waals surface area (Å²) in [5.41, 5.74) is 1.95. The second-order valence-corrected chi connectivity index (χ2v) is 11.7. The molecule has 4 rings (SSSR count). The van der Waals surface area contributed by atoms with Gasteiger partial charge in [-0.1, -0.05) is 6.92 Å². The fourth-order valence-electron chi connectivity index (χ4n) is 4.26. The molecule has 0 bridgehead atoms. The second kappa shape index (κ2) is 9.32. The fraction of sp³-hybridized carbons (Fsp3) is 0.478. The van der Waals surface area contributed by atoms with Gasteiger partial charge in [-0.15, -0.1) is 11.3 Å². The van der Waals surface area contributed by atoms with Crippen LogP contribution in [0.4, 0.5) is 5.00 Å². The Morgan fingerprint density at radius 2 is 2.06 bits per heavy atom. The van der Waals surface area contributed by atoms with Crippen molar-refractivity contribution in [3.63, 3.8) is 0 Å². The Hall–Kier alpha value is -2.25. The van der Waals surface area contributed by atoms with Gasteiger partial charge in [-0.2, -0.15) is 9.57 Å². The van der Waals surface area contributed by atoms with Crippen LogP contribution in [0.15, 0.2) is 29.2 Å². The monoisotopic (exact) mass is 473 g/mol. The first-order chi connectivity index (χ1) is 15.3. The Bertz CT molecular complexity index is 1140. The highest BCUT2D eigenvalue weighted by Crippen LogP contribution is 2.39. The maximum atomic E-state index is 12.8. The summed E-state index contributed by atoms with van der Waals surface area (Å²) in [5.74, 6) is 0.217. The predicted octanol–water partition coefficient (Wildman–Crippen LogP) is 3.80. The topological polar surface area (TPSA) is 99.5 Å². The lowest BCUT2D eigenvalue weighted by Crippen LogP contribution is -2.34. The molecule has 0 unspecified atom stereocenters. The third kappa shape index (κ3) is 4.59. The maximum absolute atomic E-state index is 12.8. The zero-order valence-corrected chi connectivity index (χ0v) is 19.9. The summed E-state index contributed by atoms with van der Waals surface area (Å²) in [6.07, 6.45) is 4.56. The average Bonchev–Trinajstić information content (AvgIpc) is 3.40. The number of nitrogens with one attached hydrogen (secondary N) is 1. The Morgan fingerprint density at radius 1 is 1.31 bits per heavy atom. The van der Waals surface area contributed by atoms with Gasteiger partial charge < -0.3 is 10.1 Å². The molecule has 2 heterocycles. The summed E-state index contributed by atoms with van der Waals surface area (Å²) in [7, 11) is -2.12. The van der Waals surface area contributed by atoms with Crippen molar-refractivity contribution >= 4 is 32.3 Å². The van der Waals surface area contributed by atoms with Crippen LogP contribution in [0.3, 0.4) is 0 Å². The van der Waals surface area contributed by atoms with Crippen molar-refractivity contribution in [3.8, 4) is 6.07 Å². The van der Waals surface area contributed by atoms with Crippen LogP contribution in [0.1, 0.15) is 52.5 Å². The summed E-state index contributed by atoms with van der Waals surface area (Å²) in [6, 6.07) is 8.15. The number of hydrogen-bond acceptors (Lipinski definition) is 6.